The van der Waals surface area contributed by atoms with Gasteiger partial charge in [0.1, 0.15) is 0 Å². The van der Waals surface area contributed by atoms with Crippen LogP contribution >= 0.6 is 15.9 Å². The number of aryl methyl sites for hydroxylation is 1. The molecule has 0 spiro atoms. The molecule has 1 amide bonds. The maximum absolute atomic E-state index is 11.9. The number of nitrogens with two attached hydrogens (primary N) is 1. The molecular formula is C11H11BrN4O2. The number of carbonyl (C=O) groups is 1. The molecule has 0 fully saturated rings. The van der Waals surface area contributed by atoms with Gasteiger partial charge in [0, 0.05) is 22.6 Å². The standard InChI is InChI=1S/C11H11BrN4O2/c1-6-15-10(16-18-6)5-14-11(17)7-2-8(12)4-9(13)3-7/h2-4H,5,13H2,1H3,(H,14,17). The fourth-order valence-corrected chi connectivity index (χ4v) is 1.93. The fraction of sp³-hybridized carbons (Fsp3) is 0.182. The lowest BCUT2D eigenvalue weighted by atomic mass is 10.2. The van der Waals surface area contributed by atoms with E-state index in [0.29, 0.717) is 23.0 Å². The number of nitrogens with zero attached hydrogens (tertiary/aromatic N) is 2. The topological polar surface area (TPSA) is 94.0 Å². The number of halogens is 1. The largest absolute Gasteiger partial charge is 0.399 e. The molecule has 2 rings (SSSR count). The molecule has 3 N–H and O–H groups in total. The third-order valence-corrected chi connectivity index (χ3v) is 2.62. The van der Waals surface area contributed by atoms with Gasteiger partial charge in [0.2, 0.25) is 5.89 Å². The van der Waals surface area contributed by atoms with Crippen molar-refractivity contribution in [2.24, 2.45) is 0 Å². The highest BCUT2D eigenvalue weighted by atomic mass is 79.9. The molecule has 1 heterocycles. The maximum Gasteiger partial charge on any atom is 0.251 e. The van der Waals surface area contributed by atoms with Crippen LogP contribution in [0.4, 0.5) is 5.69 Å². The Kier molecular flexibility index (Phi) is 3.61. The molecule has 7 heteroatoms. The predicted molar refractivity (Wildman–Crippen MR) is 68.8 cm³/mol. The van der Waals surface area contributed by atoms with Gasteiger partial charge < -0.3 is 15.6 Å². The van der Waals surface area contributed by atoms with E-state index in [9.17, 15) is 4.79 Å². The van der Waals surface area contributed by atoms with Crippen molar-refractivity contribution in [3.8, 4) is 0 Å². The Morgan fingerprint density at radius 2 is 2.28 bits per heavy atom. The zero-order valence-corrected chi connectivity index (χ0v) is 11.2. The van der Waals surface area contributed by atoms with Gasteiger partial charge in [-0.3, -0.25) is 4.79 Å². The molecule has 2 aromatic rings. The minimum atomic E-state index is -0.245. The van der Waals surface area contributed by atoms with E-state index in [1.807, 2.05) is 0 Å². The number of hydrogen-bond donors (Lipinski definition) is 2. The van der Waals surface area contributed by atoms with Crippen LogP contribution in [0.1, 0.15) is 22.1 Å². The molecule has 0 atom stereocenters. The Balaban J connectivity index is 2.03. The number of nitrogen functional groups attached to an aromatic ring is 1. The van der Waals surface area contributed by atoms with Crippen LogP contribution in [0.25, 0.3) is 0 Å². The highest BCUT2D eigenvalue weighted by molar-refractivity contribution is 9.10. The second-order valence-electron chi connectivity index (χ2n) is 3.69. The molecule has 0 saturated carbocycles. The van der Waals surface area contributed by atoms with Gasteiger partial charge in [-0.1, -0.05) is 21.1 Å². The van der Waals surface area contributed by atoms with Gasteiger partial charge in [-0.05, 0) is 18.2 Å². The molecule has 0 aliphatic rings. The van der Waals surface area contributed by atoms with Crippen LogP contribution in [0, 0.1) is 6.92 Å². The summed E-state index contributed by atoms with van der Waals surface area (Å²) < 4.78 is 5.55. The summed E-state index contributed by atoms with van der Waals surface area (Å²) in [4.78, 5) is 15.8. The predicted octanol–water partition coefficient (Wildman–Crippen LogP) is 1.65. The molecule has 1 aromatic heterocycles. The molecule has 1 aromatic carbocycles. The van der Waals surface area contributed by atoms with Crippen molar-refractivity contribution in [3.63, 3.8) is 0 Å². The summed E-state index contributed by atoms with van der Waals surface area (Å²) >= 11 is 3.28. The average Bonchev–Trinajstić information content (AvgIpc) is 2.70. The summed E-state index contributed by atoms with van der Waals surface area (Å²) in [5, 5.41) is 6.36. The molecule has 0 aliphatic carbocycles. The Bertz CT molecular complexity index is 562. The number of rotatable bonds is 3. The number of carbonyl (C=O) groups excluding carboxylic acids is 1. The number of benzene rings is 1. The third-order valence-electron chi connectivity index (χ3n) is 2.16. The molecule has 0 unspecified atom stereocenters. The normalized spacial score (nSPS) is 10.3. The lowest BCUT2D eigenvalue weighted by Crippen LogP contribution is -2.23. The number of hydrogen-bond acceptors (Lipinski definition) is 5. The quantitative estimate of drug-likeness (QED) is 0.841. The second kappa shape index (κ2) is 5.18. The van der Waals surface area contributed by atoms with Crippen LogP contribution in [-0.2, 0) is 6.54 Å². The van der Waals surface area contributed by atoms with Crippen molar-refractivity contribution < 1.29 is 9.32 Å². The summed E-state index contributed by atoms with van der Waals surface area (Å²) in [6, 6.07) is 5.01. The zero-order chi connectivity index (χ0) is 13.1. The molecule has 0 aliphatic heterocycles. The molecule has 0 radical (unpaired) electrons. The first-order valence-corrected chi connectivity index (χ1v) is 5.97. The van der Waals surface area contributed by atoms with Gasteiger partial charge >= 0.3 is 0 Å². The van der Waals surface area contributed by atoms with Crippen molar-refractivity contribution in [3.05, 3.63) is 40.0 Å². The van der Waals surface area contributed by atoms with E-state index >= 15 is 0 Å². The lowest BCUT2D eigenvalue weighted by Gasteiger charge is -2.04. The first kappa shape index (κ1) is 12.6. The minimum Gasteiger partial charge on any atom is -0.399 e. The Morgan fingerprint density at radius 3 is 2.89 bits per heavy atom. The van der Waals surface area contributed by atoms with Gasteiger partial charge in [-0.2, -0.15) is 4.98 Å². The smallest absolute Gasteiger partial charge is 0.251 e. The maximum atomic E-state index is 11.9. The van der Waals surface area contributed by atoms with Gasteiger partial charge in [0.15, 0.2) is 5.82 Å². The molecule has 94 valence electrons. The molecule has 6 nitrogen and oxygen atoms in total. The average molecular weight is 311 g/mol. The van der Waals surface area contributed by atoms with Crippen LogP contribution in [0.3, 0.4) is 0 Å². The van der Waals surface area contributed by atoms with E-state index in [-0.39, 0.29) is 12.5 Å². The van der Waals surface area contributed by atoms with Crippen LogP contribution in [0.15, 0.2) is 27.2 Å². The van der Waals surface area contributed by atoms with Gasteiger partial charge in [-0.15, -0.1) is 0 Å². The van der Waals surface area contributed by atoms with E-state index in [2.05, 4.69) is 31.4 Å². The SMILES string of the molecule is Cc1nc(CNC(=O)c2cc(N)cc(Br)c2)no1. The minimum absolute atomic E-state index is 0.211. The Labute approximate surface area is 112 Å². The number of anilines is 1. The Morgan fingerprint density at radius 1 is 1.50 bits per heavy atom. The molecule has 0 saturated heterocycles. The van der Waals surface area contributed by atoms with E-state index in [0.717, 1.165) is 4.47 Å². The molecular weight excluding hydrogens is 300 g/mol. The third kappa shape index (κ3) is 3.07. The number of amides is 1. The first-order chi connectivity index (χ1) is 8.54. The first-order valence-electron chi connectivity index (χ1n) is 5.18. The van der Waals surface area contributed by atoms with Crippen LogP contribution in [0.5, 0.6) is 0 Å². The number of nitrogens with one attached hydrogen (secondary N) is 1. The van der Waals surface area contributed by atoms with E-state index < -0.39 is 0 Å². The molecule has 18 heavy (non-hydrogen) atoms. The van der Waals surface area contributed by atoms with Crippen LogP contribution in [-0.4, -0.2) is 16.0 Å². The summed E-state index contributed by atoms with van der Waals surface area (Å²) in [6.45, 7) is 1.90. The van der Waals surface area contributed by atoms with Gasteiger partial charge in [0.05, 0.1) is 6.54 Å². The van der Waals surface area contributed by atoms with Crippen LogP contribution < -0.4 is 11.1 Å². The fourth-order valence-electron chi connectivity index (χ4n) is 1.42. The second-order valence-corrected chi connectivity index (χ2v) is 4.60. The van der Waals surface area contributed by atoms with Crippen LogP contribution in [0.2, 0.25) is 0 Å². The summed E-state index contributed by atoms with van der Waals surface area (Å²) in [6.07, 6.45) is 0. The number of aromatic nitrogens is 2. The Hall–Kier alpha value is -1.89. The summed E-state index contributed by atoms with van der Waals surface area (Å²) in [5.41, 5.74) is 6.65. The van der Waals surface area contributed by atoms with Crippen molar-refractivity contribution in [1.29, 1.82) is 0 Å². The monoisotopic (exact) mass is 310 g/mol. The highest BCUT2D eigenvalue weighted by Gasteiger charge is 2.09. The van der Waals surface area contributed by atoms with Crippen molar-refractivity contribution in [2.45, 2.75) is 13.5 Å². The molecule has 0 bridgehead atoms. The summed E-state index contributed by atoms with van der Waals surface area (Å²) in [5.74, 6) is 0.653. The van der Waals surface area contributed by atoms with E-state index in [1.165, 1.54) is 0 Å². The van der Waals surface area contributed by atoms with Gasteiger partial charge in [0.25, 0.3) is 5.91 Å². The van der Waals surface area contributed by atoms with Crippen molar-refractivity contribution in [2.75, 3.05) is 5.73 Å². The summed E-state index contributed by atoms with van der Waals surface area (Å²) in [7, 11) is 0. The zero-order valence-electron chi connectivity index (χ0n) is 9.61. The van der Waals surface area contributed by atoms with Crippen molar-refractivity contribution in [1.82, 2.24) is 15.5 Å². The van der Waals surface area contributed by atoms with E-state index in [4.69, 9.17) is 10.3 Å². The van der Waals surface area contributed by atoms with Crippen molar-refractivity contribution >= 4 is 27.5 Å². The van der Waals surface area contributed by atoms with Gasteiger partial charge in [-0.25, -0.2) is 0 Å². The van der Waals surface area contributed by atoms with E-state index in [1.54, 1.807) is 25.1 Å². The highest BCUT2D eigenvalue weighted by Crippen LogP contribution is 2.17. The lowest BCUT2D eigenvalue weighted by molar-refractivity contribution is 0.0949.